The maximum absolute atomic E-state index is 12.6. The van der Waals surface area contributed by atoms with Gasteiger partial charge in [0.05, 0.1) is 0 Å². The van der Waals surface area contributed by atoms with Gasteiger partial charge in [0.2, 0.25) is 0 Å². The molecule has 23 heavy (non-hydrogen) atoms. The van der Waals surface area contributed by atoms with Gasteiger partial charge in [-0.3, -0.25) is 9.69 Å². The number of hydrogen-bond donors (Lipinski definition) is 1. The Labute approximate surface area is 151 Å². The Morgan fingerprint density at radius 3 is 2.43 bits per heavy atom. The molecule has 0 atom stereocenters. The van der Waals surface area contributed by atoms with E-state index in [0.29, 0.717) is 11.3 Å². The molecule has 0 radical (unpaired) electrons. The Kier molecular flexibility index (Phi) is 8.17. The van der Waals surface area contributed by atoms with Crippen LogP contribution in [0.3, 0.4) is 0 Å². The first kappa shape index (κ1) is 20.1. The molecule has 2 fully saturated rings. The SMILES string of the molecule is Cl.Cl.Nc1cccc(C(=O)N2CCCN(C3CCCC3)CC2)c1. The maximum Gasteiger partial charge on any atom is 0.253 e. The van der Waals surface area contributed by atoms with Crippen LogP contribution in [0.4, 0.5) is 5.69 Å². The van der Waals surface area contributed by atoms with E-state index in [4.69, 9.17) is 5.73 Å². The van der Waals surface area contributed by atoms with E-state index in [1.807, 2.05) is 23.1 Å². The molecule has 130 valence electrons. The zero-order valence-corrected chi connectivity index (χ0v) is 15.1. The summed E-state index contributed by atoms with van der Waals surface area (Å²) >= 11 is 0. The van der Waals surface area contributed by atoms with Gasteiger partial charge < -0.3 is 10.6 Å². The average molecular weight is 360 g/mol. The third kappa shape index (κ3) is 5.00. The topological polar surface area (TPSA) is 49.6 Å². The van der Waals surface area contributed by atoms with Crippen molar-refractivity contribution in [2.75, 3.05) is 31.9 Å². The van der Waals surface area contributed by atoms with Gasteiger partial charge in [-0.1, -0.05) is 18.9 Å². The number of nitrogens with two attached hydrogens (primary N) is 1. The molecule has 1 aromatic rings. The summed E-state index contributed by atoms with van der Waals surface area (Å²) < 4.78 is 0. The van der Waals surface area contributed by atoms with Gasteiger partial charge in [-0.25, -0.2) is 0 Å². The molecule has 1 amide bonds. The third-order valence-electron chi connectivity index (χ3n) is 4.79. The smallest absolute Gasteiger partial charge is 0.253 e. The summed E-state index contributed by atoms with van der Waals surface area (Å²) in [6, 6.07) is 8.07. The fraction of sp³-hybridized carbons (Fsp3) is 0.588. The fourth-order valence-corrected chi connectivity index (χ4v) is 3.63. The number of anilines is 1. The van der Waals surface area contributed by atoms with Crippen LogP contribution in [0, 0.1) is 0 Å². The summed E-state index contributed by atoms with van der Waals surface area (Å²) in [6.07, 6.45) is 6.48. The van der Waals surface area contributed by atoms with Crippen LogP contribution in [0.15, 0.2) is 24.3 Å². The Bertz CT molecular complexity index is 506. The molecule has 0 bridgehead atoms. The molecule has 1 heterocycles. The summed E-state index contributed by atoms with van der Waals surface area (Å²) in [5.41, 5.74) is 7.15. The van der Waals surface area contributed by atoms with Crippen molar-refractivity contribution in [3.05, 3.63) is 29.8 Å². The van der Waals surface area contributed by atoms with Crippen LogP contribution in [0.25, 0.3) is 0 Å². The molecule has 0 unspecified atom stereocenters. The van der Waals surface area contributed by atoms with Crippen LogP contribution in [-0.2, 0) is 0 Å². The van der Waals surface area contributed by atoms with Gasteiger partial charge in [0, 0.05) is 43.5 Å². The number of rotatable bonds is 2. The Balaban J connectivity index is 0.00000132. The molecular weight excluding hydrogens is 333 g/mol. The van der Waals surface area contributed by atoms with Gasteiger partial charge in [-0.05, 0) is 37.5 Å². The molecule has 6 heteroatoms. The lowest BCUT2D eigenvalue weighted by atomic mass is 10.1. The van der Waals surface area contributed by atoms with Crippen molar-refractivity contribution >= 4 is 36.4 Å². The number of nitrogens with zero attached hydrogens (tertiary/aromatic N) is 2. The van der Waals surface area contributed by atoms with E-state index in [1.165, 1.54) is 25.7 Å². The van der Waals surface area contributed by atoms with E-state index < -0.39 is 0 Å². The van der Waals surface area contributed by atoms with Crippen LogP contribution in [-0.4, -0.2) is 47.9 Å². The van der Waals surface area contributed by atoms with Gasteiger partial charge in [0.15, 0.2) is 0 Å². The lowest BCUT2D eigenvalue weighted by Gasteiger charge is -2.27. The number of halogens is 2. The van der Waals surface area contributed by atoms with Crippen molar-refractivity contribution in [3.63, 3.8) is 0 Å². The van der Waals surface area contributed by atoms with Crippen molar-refractivity contribution in [2.24, 2.45) is 0 Å². The third-order valence-corrected chi connectivity index (χ3v) is 4.79. The molecule has 1 aliphatic carbocycles. The molecule has 2 N–H and O–H groups in total. The lowest BCUT2D eigenvalue weighted by Crippen LogP contribution is -2.38. The monoisotopic (exact) mass is 359 g/mol. The fourth-order valence-electron chi connectivity index (χ4n) is 3.63. The predicted octanol–water partition coefficient (Wildman–Crippen LogP) is 3.20. The first-order valence-corrected chi connectivity index (χ1v) is 8.13. The minimum atomic E-state index is 0. The number of benzene rings is 1. The number of carbonyl (C=O) groups excluding carboxylic acids is 1. The Hall–Kier alpha value is -0.970. The van der Waals surface area contributed by atoms with E-state index in [9.17, 15) is 4.79 Å². The highest BCUT2D eigenvalue weighted by atomic mass is 35.5. The largest absolute Gasteiger partial charge is 0.399 e. The highest BCUT2D eigenvalue weighted by Crippen LogP contribution is 2.24. The van der Waals surface area contributed by atoms with E-state index in [2.05, 4.69) is 4.90 Å². The molecule has 1 saturated heterocycles. The van der Waals surface area contributed by atoms with Gasteiger partial charge >= 0.3 is 0 Å². The van der Waals surface area contributed by atoms with Crippen molar-refractivity contribution < 1.29 is 4.79 Å². The van der Waals surface area contributed by atoms with Crippen LogP contribution in [0.1, 0.15) is 42.5 Å². The van der Waals surface area contributed by atoms with Gasteiger partial charge in [0.1, 0.15) is 0 Å². The number of hydrogen-bond acceptors (Lipinski definition) is 3. The molecule has 1 saturated carbocycles. The van der Waals surface area contributed by atoms with Crippen LogP contribution < -0.4 is 5.73 Å². The van der Waals surface area contributed by atoms with E-state index in [0.717, 1.165) is 38.6 Å². The average Bonchev–Trinajstić information content (AvgIpc) is 2.91. The maximum atomic E-state index is 12.6. The minimum absolute atomic E-state index is 0. The van der Waals surface area contributed by atoms with Crippen molar-refractivity contribution in [1.29, 1.82) is 0 Å². The van der Waals surface area contributed by atoms with Crippen molar-refractivity contribution in [1.82, 2.24) is 9.80 Å². The van der Waals surface area contributed by atoms with Crippen LogP contribution in [0.5, 0.6) is 0 Å². The molecule has 4 nitrogen and oxygen atoms in total. The number of amides is 1. The standard InChI is InChI=1S/C17H25N3O.2ClH/c18-15-6-3-5-14(13-15)17(21)20-10-4-9-19(11-12-20)16-7-1-2-8-16;;/h3,5-6,13,16H,1-2,4,7-12,18H2;2*1H. The summed E-state index contributed by atoms with van der Waals surface area (Å²) in [7, 11) is 0. The summed E-state index contributed by atoms with van der Waals surface area (Å²) in [4.78, 5) is 17.2. The van der Waals surface area contributed by atoms with Gasteiger partial charge in [-0.15, -0.1) is 24.8 Å². The number of carbonyl (C=O) groups is 1. The second-order valence-corrected chi connectivity index (χ2v) is 6.25. The second-order valence-electron chi connectivity index (χ2n) is 6.25. The lowest BCUT2D eigenvalue weighted by molar-refractivity contribution is 0.0758. The van der Waals surface area contributed by atoms with Gasteiger partial charge in [0.25, 0.3) is 5.91 Å². The highest BCUT2D eigenvalue weighted by Gasteiger charge is 2.26. The first-order chi connectivity index (χ1) is 10.2. The van der Waals surface area contributed by atoms with Crippen molar-refractivity contribution in [3.8, 4) is 0 Å². The summed E-state index contributed by atoms with van der Waals surface area (Å²) in [5, 5.41) is 0. The van der Waals surface area contributed by atoms with Gasteiger partial charge in [-0.2, -0.15) is 0 Å². The van der Waals surface area contributed by atoms with E-state index in [-0.39, 0.29) is 30.7 Å². The summed E-state index contributed by atoms with van der Waals surface area (Å²) in [6.45, 7) is 3.84. The molecule has 0 spiro atoms. The molecule has 1 aliphatic heterocycles. The minimum Gasteiger partial charge on any atom is -0.399 e. The van der Waals surface area contributed by atoms with Crippen LogP contribution in [0.2, 0.25) is 0 Å². The van der Waals surface area contributed by atoms with Crippen molar-refractivity contribution in [2.45, 2.75) is 38.1 Å². The summed E-state index contributed by atoms with van der Waals surface area (Å²) in [5.74, 6) is 0.121. The molecule has 2 aliphatic rings. The first-order valence-electron chi connectivity index (χ1n) is 8.13. The normalized spacial score (nSPS) is 19.6. The number of nitrogen functional groups attached to an aromatic ring is 1. The van der Waals surface area contributed by atoms with Crippen LogP contribution >= 0.6 is 24.8 Å². The predicted molar refractivity (Wildman–Crippen MR) is 99.7 cm³/mol. The molecule has 0 aromatic heterocycles. The second kappa shape index (κ2) is 9.36. The molecule has 3 rings (SSSR count). The van der Waals surface area contributed by atoms with E-state index in [1.54, 1.807) is 6.07 Å². The highest BCUT2D eigenvalue weighted by molar-refractivity contribution is 5.95. The Morgan fingerprint density at radius 2 is 1.74 bits per heavy atom. The Morgan fingerprint density at radius 1 is 1.00 bits per heavy atom. The molecule has 1 aromatic carbocycles. The van der Waals surface area contributed by atoms with E-state index >= 15 is 0 Å². The zero-order chi connectivity index (χ0) is 14.7. The zero-order valence-electron chi connectivity index (χ0n) is 13.4. The quantitative estimate of drug-likeness (QED) is 0.824. The molecular formula is C17H27Cl2N3O.